The van der Waals surface area contributed by atoms with Gasteiger partial charge in [-0.3, -0.25) is 0 Å². The van der Waals surface area contributed by atoms with Gasteiger partial charge in [-0.1, -0.05) is 6.92 Å². The maximum Gasteiger partial charge on any atom is 0.326 e. The van der Waals surface area contributed by atoms with Crippen LogP contribution in [0, 0.1) is 0 Å². The van der Waals surface area contributed by atoms with Crippen molar-refractivity contribution in [2.24, 2.45) is 0 Å². The molecule has 19 heavy (non-hydrogen) atoms. The molecule has 0 aliphatic heterocycles. The first-order valence-corrected chi connectivity index (χ1v) is 8.08. The van der Waals surface area contributed by atoms with Crippen LogP contribution < -0.4 is 5.32 Å². The van der Waals surface area contributed by atoms with Crippen molar-refractivity contribution in [1.82, 2.24) is 10.2 Å². The van der Waals surface area contributed by atoms with Crippen molar-refractivity contribution >= 4 is 21.8 Å². The van der Waals surface area contributed by atoms with Crippen molar-refractivity contribution < 1.29 is 23.1 Å². The molecule has 0 aromatic carbocycles. The Bertz CT molecular complexity index is 403. The predicted molar refractivity (Wildman–Crippen MR) is 71.8 cm³/mol. The summed E-state index contributed by atoms with van der Waals surface area (Å²) >= 11 is 0. The second-order valence-corrected chi connectivity index (χ2v) is 6.51. The number of amides is 2. The summed E-state index contributed by atoms with van der Waals surface area (Å²) in [4.78, 5) is 24.2. The standard InChI is InChI=1S/C11H22N2O5S/c1-4-13(5-2)11(16)12-9(10(14)15)7-8-19(17,18)6-3/h9H,4-8H2,1-3H3,(H,12,16)(H,14,15). The lowest BCUT2D eigenvalue weighted by atomic mass is 10.2. The third-order valence-electron chi connectivity index (χ3n) is 2.80. The Morgan fingerprint density at radius 2 is 1.74 bits per heavy atom. The third-order valence-corrected chi connectivity index (χ3v) is 4.54. The highest BCUT2D eigenvalue weighted by molar-refractivity contribution is 7.91. The van der Waals surface area contributed by atoms with Crippen molar-refractivity contribution in [2.45, 2.75) is 33.2 Å². The molecule has 0 aliphatic carbocycles. The number of carboxylic acid groups (broad SMARTS) is 1. The van der Waals surface area contributed by atoms with Gasteiger partial charge < -0.3 is 15.3 Å². The van der Waals surface area contributed by atoms with Crippen LogP contribution >= 0.6 is 0 Å². The van der Waals surface area contributed by atoms with E-state index < -0.39 is 27.9 Å². The Labute approximate surface area is 113 Å². The number of carbonyl (C=O) groups is 2. The van der Waals surface area contributed by atoms with Crippen molar-refractivity contribution in [2.75, 3.05) is 24.6 Å². The summed E-state index contributed by atoms with van der Waals surface area (Å²) in [5.41, 5.74) is 0. The van der Waals surface area contributed by atoms with Gasteiger partial charge in [0.15, 0.2) is 0 Å². The molecule has 0 heterocycles. The molecule has 0 spiro atoms. The number of carboxylic acids is 1. The van der Waals surface area contributed by atoms with Crippen LogP contribution in [-0.4, -0.2) is 61.1 Å². The predicted octanol–water partition coefficient (Wildman–Crippen LogP) is 0.316. The van der Waals surface area contributed by atoms with Crippen molar-refractivity contribution in [3.8, 4) is 0 Å². The molecule has 1 atom stereocenters. The molecule has 0 aliphatic rings. The van der Waals surface area contributed by atoms with Crippen molar-refractivity contribution in [3.05, 3.63) is 0 Å². The largest absolute Gasteiger partial charge is 0.480 e. The molecular weight excluding hydrogens is 272 g/mol. The molecule has 0 bridgehead atoms. The zero-order valence-electron chi connectivity index (χ0n) is 11.5. The van der Waals surface area contributed by atoms with Gasteiger partial charge in [-0.05, 0) is 20.3 Å². The van der Waals surface area contributed by atoms with Gasteiger partial charge in [0.05, 0.1) is 5.75 Å². The van der Waals surface area contributed by atoms with Crippen LogP contribution in [0.2, 0.25) is 0 Å². The number of nitrogens with zero attached hydrogens (tertiary/aromatic N) is 1. The van der Waals surface area contributed by atoms with Gasteiger partial charge in [0.1, 0.15) is 15.9 Å². The molecule has 1 unspecified atom stereocenters. The smallest absolute Gasteiger partial charge is 0.326 e. The fraction of sp³-hybridized carbons (Fsp3) is 0.818. The maximum atomic E-state index is 11.7. The molecule has 0 saturated carbocycles. The number of sulfone groups is 1. The summed E-state index contributed by atoms with van der Waals surface area (Å²) in [5, 5.41) is 11.3. The van der Waals surface area contributed by atoms with E-state index in [-0.39, 0.29) is 17.9 Å². The van der Waals surface area contributed by atoms with E-state index in [4.69, 9.17) is 5.11 Å². The van der Waals surface area contributed by atoms with E-state index in [2.05, 4.69) is 5.32 Å². The molecule has 8 heteroatoms. The maximum absolute atomic E-state index is 11.7. The molecule has 0 radical (unpaired) electrons. The van der Waals surface area contributed by atoms with E-state index in [0.717, 1.165) is 0 Å². The van der Waals surface area contributed by atoms with E-state index in [9.17, 15) is 18.0 Å². The second kappa shape index (κ2) is 7.98. The monoisotopic (exact) mass is 294 g/mol. The summed E-state index contributed by atoms with van der Waals surface area (Å²) in [6.07, 6.45) is -0.126. The molecule has 2 amide bonds. The van der Waals surface area contributed by atoms with Gasteiger partial charge in [0.2, 0.25) is 0 Å². The van der Waals surface area contributed by atoms with Gasteiger partial charge >= 0.3 is 12.0 Å². The molecule has 7 nitrogen and oxygen atoms in total. The van der Waals surface area contributed by atoms with Crippen LogP contribution in [0.5, 0.6) is 0 Å². The number of carbonyl (C=O) groups excluding carboxylic acids is 1. The summed E-state index contributed by atoms with van der Waals surface area (Å²) < 4.78 is 22.7. The van der Waals surface area contributed by atoms with Crippen LogP contribution in [0.3, 0.4) is 0 Å². The Kier molecular flexibility index (Phi) is 7.43. The molecule has 0 aromatic heterocycles. The highest BCUT2D eigenvalue weighted by Crippen LogP contribution is 2.01. The molecule has 0 saturated heterocycles. The lowest BCUT2D eigenvalue weighted by molar-refractivity contribution is -0.139. The first-order valence-electron chi connectivity index (χ1n) is 6.26. The van der Waals surface area contributed by atoms with Gasteiger partial charge in [-0.25, -0.2) is 18.0 Å². The van der Waals surface area contributed by atoms with Crippen LogP contribution in [0.25, 0.3) is 0 Å². The topological polar surface area (TPSA) is 104 Å². The Morgan fingerprint density at radius 3 is 2.11 bits per heavy atom. The van der Waals surface area contributed by atoms with Crippen LogP contribution in [-0.2, 0) is 14.6 Å². The number of nitrogens with one attached hydrogen (secondary N) is 1. The molecule has 2 N–H and O–H groups in total. The van der Waals surface area contributed by atoms with Gasteiger partial charge in [-0.15, -0.1) is 0 Å². The first kappa shape index (κ1) is 17.7. The Balaban J connectivity index is 4.59. The number of hydrogen-bond acceptors (Lipinski definition) is 4. The number of hydrogen-bond donors (Lipinski definition) is 2. The third kappa shape index (κ3) is 6.42. The zero-order valence-corrected chi connectivity index (χ0v) is 12.4. The lowest BCUT2D eigenvalue weighted by Gasteiger charge is -2.22. The Morgan fingerprint density at radius 1 is 1.21 bits per heavy atom. The fourth-order valence-corrected chi connectivity index (χ4v) is 2.33. The minimum atomic E-state index is -3.24. The Hall–Kier alpha value is -1.31. The molecular formula is C11H22N2O5S. The van der Waals surface area contributed by atoms with E-state index in [0.29, 0.717) is 13.1 Å². The van der Waals surface area contributed by atoms with Crippen molar-refractivity contribution in [3.63, 3.8) is 0 Å². The average Bonchev–Trinajstić information content (AvgIpc) is 2.35. The van der Waals surface area contributed by atoms with Crippen LogP contribution in [0.4, 0.5) is 4.79 Å². The highest BCUT2D eigenvalue weighted by Gasteiger charge is 2.23. The van der Waals surface area contributed by atoms with Gasteiger partial charge in [0, 0.05) is 18.8 Å². The minimum absolute atomic E-state index is 0.0384. The molecule has 0 fully saturated rings. The summed E-state index contributed by atoms with van der Waals surface area (Å²) in [6.45, 7) is 5.98. The molecule has 0 rings (SSSR count). The first-order chi connectivity index (χ1) is 8.77. The minimum Gasteiger partial charge on any atom is -0.480 e. The quantitative estimate of drug-likeness (QED) is 0.671. The molecule has 0 aromatic rings. The normalized spacial score (nSPS) is 12.8. The van der Waals surface area contributed by atoms with Crippen molar-refractivity contribution in [1.29, 1.82) is 0 Å². The second-order valence-electron chi connectivity index (χ2n) is 4.04. The number of aliphatic carboxylic acids is 1. The zero-order chi connectivity index (χ0) is 15.1. The van der Waals surface area contributed by atoms with Gasteiger partial charge in [-0.2, -0.15) is 0 Å². The summed E-state index contributed by atoms with van der Waals surface area (Å²) in [5.74, 6) is -1.52. The summed E-state index contributed by atoms with van der Waals surface area (Å²) in [7, 11) is -3.24. The van der Waals surface area contributed by atoms with Gasteiger partial charge in [0.25, 0.3) is 0 Å². The number of urea groups is 1. The average molecular weight is 294 g/mol. The van der Waals surface area contributed by atoms with E-state index >= 15 is 0 Å². The van der Waals surface area contributed by atoms with Crippen LogP contribution in [0.1, 0.15) is 27.2 Å². The SMILES string of the molecule is CCN(CC)C(=O)NC(CCS(=O)(=O)CC)C(=O)O. The van der Waals surface area contributed by atoms with Crippen LogP contribution in [0.15, 0.2) is 0 Å². The number of rotatable bonds is 8. The lowest BCUT2D eigenvalue weighted by Crippen LogP contribution is -2.48. The highest BCUT2D eigenvalue weighted by atomic mass is 32.2. The van der Waals surface area contributed by atoms with E-state index in [1.165, 1.54) is 11.8 Å². The summed E-state index contributed by atoms with van der Waals surface area (Å²) in [6, 6.07) is -1.68. The fourth-order valence-electron chi connectivity index (χ4n) is 1.45. The van der Waals surface area contributed by atoms with E-state index in [1.54, 1.807) is 13.8 Å². The van der Waals surface area contributed by atoms with E-state index in [1.807, 2.05) is 0 Å². The molecule has 112 valence electrons.